The fourth-order valence-corrected chi connectivity index (χ4v) is 3.99. The van der Waals surface area contributed by atoms with E-state index in [4.69, 9.17) is 8.83 Å². The lowest BCUT2D eigenvalue weighted by molar-refractivity contribution is 0.465. The molecule has 2 heterocycles. The van der Waals surface area contributed by atoms with Crippen molar-refractivity contribution < 1.29 is 13.2 Å². The summed E-state index contributed by atoms with van der Waals surface area (Å²) >= 11 is 1.33. The van der Waals surface area contributed by atoms with Crippen molar-refractivity contribution in [2.45, 2.75) is 11.0 Å². The van der Waals surface area contributed by atoms with Gasteiger partial charge in [0, 0.05) is 22.8 Å². The first kappa shape index (κ1) is 17.6. The van der Waals surface area contributed by atoms with Gasteiger partial charge in [-0.05, 0) is 46.7 Å². The number of nitrogens with zero attached hydrogens (tertiary/aromatic N) is 2. The molecule has 0 fully saturated rings. The number of fused-ring (bicyclic) bond motifs is 3. The Morgan fingerprint density at radius 2 is 1.76 bits per heavy atom. The fraction of sp³-hybridized carbons (Fsp3) is 0.0455. The molecule has 2 aromatic heterocycles. The van der Waals surface area contributed by atoms with E-state index in [1.165, 1.54) is 30.0 Å². The zero-order chi connectivity index (χ0) is 19.8. The summed E-state index contributed by atoms with van der Waals surface area (Å²) in [5, 5.41) is 11.4. The lowest BCUT2D eigenvalue weighted by Crippen LogP contribution is -2.00. The third-order valence-electron chi connectivity index (χ3n) is 4.56. The highest BCUT2D eigenvalue weighted by Crippen LogP contribution is 2.32. The van der Waals surface area contributed by atoms with Gasteiger partial charge in [0.25, 0.3) is 5.22 Å². The van der Waals surface area contributed by atoms with Gasteiger partial charge in [0.1, 0.15) is 11.4 Å². The Balaban J connectivity index is 1.49. The van der Waals surface area contributed by atoms with Crippen molar-refractivity contribution in [1.82, 2.24) is 10.2 Å². The molecule has 0 aliphatic heterocycles. The van der Waals surface area contributed by atoms with Gasteiger partial charge in [-0.3, -0.25) is 0 Å². The highest BCUT2D eigenvalue weighted by molar-refractivity contribution is 7.98. The van der Waals surface area contributed by atoms with E-state index in [9.17, 15) is 9.18 Å². The van der Waals surface area contributed by atoms with Gasteiger partial charge < -0.3 is 8.83 Å². The van der Waals surface area contributed by atoms with Crippen LogP contribution in [0.15, 0.2) is 85.6 Å². The number of rotatable bonds is 4. The fourth-order valence-electron chi connectivity index (χ4n) is 3.25. The number of benzene rings is 3. The average molecular weight is 404 g/mol. The number of aromatic nitrogens is 2. The lowest BCUT2D eigenvalue weighted by Gasteiger charge is -2.07. The number of hydrogen-bond donors (Lipinski definition) is 0. The predicted octanol–water partition coefficient (Wildman–Crippen LogP) is 5.43. The van der Waals surface area contributed by atoms with Gasteiger partial charge in [0.2, 0.25) is 5.89 Å². The van der Waals surface area contributed by atoms with Gasteiger partial charge in [-0.1, -0.05) is 42.1 Å². The van der Waals surface area contributed by atoms with Gasteiger partial charge in [0.05, 0.1) is 0 Å². The van der Waals surface area contributed by atoms with Crippen LogP contribution in [0.2, 0.25) is 0 Å². The van der Waals surface area contributed by atoms with Crippen LogP contribution < -0.4 is 5.63 Å². The van der Waals surface area contributed by atoms with Crippen LogP contribution in [-0.4, -0.2) is 10.2 Å². The Bertz CT molecular complexity index is 1390. The maximum absolute atomic E-state index is 13.1. The SMILES string of the molecule is O=c1cc(CSc2nnc(-c3ccc(F)cc3)o2)c2c(ccc3ccccc32)o1. The zero-order valence-corrected chi connectivity index (χ0v) is 15.8. The topological polar surface area (TPSA) is 69.1 Å². The molecule has 7 heteroatoms. The van der Waals surface area contributed by atoms with Gasteiger partial charge in [-0.2, -0.15) is 0 Å². The van der Waals surface area contributed by atoms with Gasteiger partial charge in [0.15, 0.2) is 0 Å². The quantitative estimate of drug-likeness (QED) is 0.226. The first-order valence-electron chi connectivity index (χ1n) is 8.84. The van der Waals surface area contributed by atoms with Crippen LogP contribution >= 0.6 is 11.8 Å². The van der Waals surface area contributed by atoms with Gasteiger partial charge in [-0.15, -0.1) is 10.2 Å². The molecule has 0 aliphatic carbocycles. The molecule has 5 aromatic rings. The van der Waals surface area contributed by atoms with Crippen molar-refractivity contribution in [3.8, 4) is 11.5 Å². The van der Waals surface area contributed by atoms with Crippen molar-refractivity contribution in [2.75, 3.05) is 0 Å². The molecular formula is C22H13FN2O3S. The van der Waals surface area contributed by atoms with E-state index in [0.717, 1.165) is 21.7 Å². The summed E-state index contributed by atoms with van der Waals surface area (Å²) in [4.78, 5) is 12.0. The molecule has 0 atom stereocenters. The molecule has 0 bridgehead atoms. The molecule has 0 amide bonds. The predicted molar refractivity (Wildman–Crippen MR) is 109 cm³/mol. The minimum atomic E-state index is -0.402. The summed E-state index contributed by atoms with van der Waals surface area (Å²) in [6, 6.07) is 19.0. The van der Waals surface area contributed by atoms with Crippen molar-refractivity contribution >= 4 is 33.5 Å². The third-order valence-corrected chi connectivity index (χ3v) is 5.43. The van der Waals surface area contributed by atoms with E-state index in [1.807, 2.05) is 36.4 Å². The molecule has 0 radical (unpaired) electrons. The molecule has 0 saturated carbocycles. The molecule has 0 N–H and O–H groups in total. The molecule has 0 spiro atoms. The molecule has 0 aliphatic rings. The molecule has 29 heavy (non-hydrogen) atoms. The summed E-state index contributed by atoms with van der Waals surface area (Å²) in [5.41, 5.74) is 1.62. The normalized spacial score (nSPS) is 11.3. The highest BCUT2D eigenvalue weighted by atomic mass is 32.2. The van der Waals surface area contributed by atoms with E-state index >= 15 is 0 Å². The van der Waals surface area contributed by atoms with Crippen LogP contribution in [0.5, 0.6) is 0 Å². The second-order valence-electron chi connectivity index (χ2n) is 6.42. The highest BCUT2D eigenvalue weighted by Gasteiger charge is 2.13. The summed E-state index contributed by atoms with van der Waals surface area (Å²) in [6.45, 7) is 0. The van der Waals surface area contributed by atoms with Crippen molar-refractivity contribution in [3.63, 3.8) is 0 Å². The summed E-state index contributed by atoms with van der Waals surface area (Å²) in [6.07, 6.45) is 0. The first-order valence-corrected chi connectivity index (χ1v) is 9.83. The third kappa shape index (κ3) is 3.40. The minimum absolute atomic E-state index is 0.315. The van der Waals surface area contributed by atoms with Crippen molar-refractivity contribution in [1.29, 1.82) is 0 Å². The molecule has 5 rings (SSSR count). The molecule has 5 nitrogen and oxygen atoms in total. The van der Waals surface area contributed by atoms with Crippen molar-refractivity contribution in [2.24, 2.45) is 0 Å². The number of thioether (sulfide) groups is 1. The first-order chi connectivity index (χ1) is 14.2. The zero-order valence-electron chi connectivity index (χ0n) is 15.0. The Morgan fingerprint density at radius 3 is 2.62 bits per heavy atom. The number of halogens is 1. The molecule has 3 aromatic carbocycles. The van der Waals surface area contributed by atoms with Crippen LogP contribution in [0.3, 0.4) is 0 Å². The monoisotopic (exact) mass is 404 g/mol. The second kappa shape index (κ2) is 7.18. The Labute approximate surface area is 168 Å². The standard InChI is InChI=1S/C22H13FN2O3S/c23-16-8-5-14(6-9-16)21-24-25-22(28-21)29-12-15-11-19(26)27-18-10-7-13-3-1-2-4-17(13)20(15)18/h1-11H,12H2. The Hall–Kier alpha value is -3.45. The molecular weight excluding hydrogens is 391 g/mol. The summed E-state index contributed by atoms with van der Waals surface area (Å²) < 4.78 is 24.1. The van der Waals surface area contributed by atoms with Crippen LogP contribution in [0, 0.1) is 5.82 Å². The van der Waals surface area contributed by atoms with E-state index in [-0.39, 0.29) is 5.82 Å². The maximum Gasteiger partial charge on any atom is 0.336 e. The smallest absolute Gasteiger partial charge is 0.336 e. The van der Waals surface area contributed by atoms with Crippen LogP contribution in [0.4, 0.5) is 4.39 Å². The van der Waals surface area contributed by atoms with Crippen LogP contribution in [0.1, 0.15) is 5.56 Å². The van der Waals surface area contributed by atoms with Crippen molar-refractivity contribution in [3.05, 3.63) is 88.5 Å². The second-order valence-corrected chi connectivity index (χ2v) is 7.35. The maximum atomic E-state index is 13.1. The summed E-state index contributed by atoms with van der Waals surface area (Å²) in [5.74, 6) is 0.446. The van der Waals surface area contributed by atoms with Gasteiger partial charge in [-0.25, -0.2) is 9.18 Å². The molecule has 0 saturated heterocycles. The van der Waals surface area contributed by atoms with E-state index in [1.54, 1.807) is 12.1 Å². The Morgan fingerprint density at radius 1 is 0.931 bits per heavy atom. The average Bonchev–Trinajstić information content (AvgIpc) is 3.21. The largest absolute Gasteiger partial charge is 0.423 e. The summed E-state index contributed by atoms with van der Waals surface area (Å²) in [7, 11) is 0. The van der Waals surface area contributed by atoms with E-state index in [2.05, 4.69) is 10.2 Å². The molecule has 142 valence electrons. The van der Waals surface area contributed by atoms with Crippen LogP contribution in [-0.2, 0) is 5.75 Å². The number of hydrogen-bond acceptors (Lipinski definition) is 6. The van der Waals surface area contributed by atoms with Gasteiger partial charge >= 0.3 is 5.63 Å². The van der Waals surface area contributed by atoms with Crippen LogP contribution in [0.25, 0.3) is 33.2 Å². The van der Waals surface area contributed by atoms with E-state index < -0.39 is 5.63 Å². The van der Waals surface area contributed by atoms with E-state index in [0.29, 0.717) is 28.0 Å². The molecule has 0 unspecified atom stereocenters. The lowest BCUT2D eigenvalue weighted by atomic mass is 10.0. The minimum Gasteiger partial charge on any atom is -0.423 e. The Kier molecular flexibility index (Phi) is 4.37.